The Morgan fingerprint density at radius 3 is 2.77 bits per heavy atom. The quantitative estimate of drug-likeness (QED) is 0.424. The number of anilines is 1. The molecule has 8 nitrogen and oxygen atoms in total. The van der Waals surface area contributed by atoms with E-state index in [2.05, 4.69) is 30.2 Å². The van der Waals surface area contributed by atoms with E-state index in [0.717, 1.165) is 11.6 Å². The highest BCUT2D eigenvalue weighted by molar-refractivity contribution is 6.01. The summed E-state index contributed by atoms with van der Waals surface area (Å²) in [6.07, 6.45) is 4.21. The highest BCUT2D eigenvalue weighted by Gasteiger charge is 2.18. The molecule has 30 heavy (non-hydrogen) atoms. The van der Waals surface area contributed by atoms with Crippen LogP contribution in [0.15, 0.2) is 61.2 Å². The number of aromatic amines is 2. The zero-order valence-corrected chi connectivity index (χ0v) is 15.2. The maximum absolute atomic E-state index is 14.2. The lowest BCUT2D eigenvalue weighted by Crippen LogP contribution is -2.14. The summed E-state index contributed by atoms with van der Waals surface area (Å²) in [5, 5.41) is 2.64. The topological polar surface area (TPSA) is 104 Å². The third kappa shape index (κ3) is 3.00. The summed E-state index contributed by atoms with van der Waals surface area (Å²) in [6.45, 7) is 0. The van der Waals surface area contributed by atoms with Crippen LogP contribution in [-0.4, -0.2) is 35.4 Å². The molecule has 2 aromatic carbocycles. The molecule has 0 unspecified atom stereocenters. The van der Waals surface area contributed by atoms with Gasteiger partial charge in [0.15, 0.2) is 17.5 Å². The summed E-state index contributed by atoms with van der Waals surface area (Å²) in [5.74, 6) is -1.80. The number of nitrogens with zero attached hydrogens (tertiary/aromatic N) is 4. The Balaban J connectivity index is 1.43. The predicted octanol–water partition coefficient (Wildman–Crippen LogP) is 3.67. The van der Waals surface area contributed by atoms with Crippen molar-refractivity contribution >= 4 is 22.9 Å². The van der Waals surface area contributed by atoms with Gasteiger partial charge in [-0.3, -0.25) is 14.7 Å². The summed E-state index contributed by atoms with van der Waals surface area (Å²) in [6, 6.07) is 11.2. The van der Waals surface area contributed by atoms with Crippen molar-refractivity contribution in [2.45, 2.75) is 0 Å². The molecule has 0 saturated heterocycles. The van der Waals surface area contributed by atoms with Crippen LogP contribution >= 0.6 is 0 Å². The van der Waals surface area contributed by atoms with Crippen molar-refractivity contribution in [3.05, 3.63) is 78.6 Å². The van der Waals surface area contributed by atoms with E-state index in [1.807, 2.05) is 24.3 Å². The number of carbonyl (C=O) groups is 1. The molecular weight excluding hydrogens is 392 g/mol. The number of imidazole rings is 3. The molecule has 0 aliphatic rings. The van der Waals surface area contributed by atoms with Crippen LogP contribution in [0.2, 0.25) is 0 Å². The number of hydrogen-bond donors (Lipinski definition) is 3. The van der Waals surface area contributed by atoms with Crippen LogP contribution in [-0.2, 0) is 0 Å². The summed E-state index contributed by atoms with van der Waals surface area (Å²) >= 11 is 0. The second-order valence-corrected chi connectivity index (χ2v) is 6.42. The zero-order valence-electron chi connectivity index (χ0n) is 15.2. The Bertz CT molecular complexity index is 1350. The maximum atomic E-state index is 14.2. The van der Waals surface area contributed by atoms with E-state index in [1.165, 1.54) is 35.4 Å². The zero-order chi connectivity index (χ0) is 20.7. The highest BCUT2D eigenvalue weighted by atomic mass is 19.2. The van der Waals surface area contributed by atoms with Crippen LogP contribution in [0.4, 0.5) is 14.7 Å². The molecule has 148 valence electrons. The van der Waals surface area contributed by atoms with Gasteiger partial charge in [0, 0.05) is 5.56 Å². The summed E-state index contributed by atoms with van der Waals surface area (Å²) in [5.41, 5.74) is 1.84. The lowest BCUT2D eigenvalue weighted by atomic mass is 10.1. The smallest absolute Gasteiger partial charge is 0.293 e. The minimum Gasteiger partial charge on any atom is -0.324 e. The molecule has 0 saturated carbocycles. The number of halogens is 2. The average Bonchev–Trinajstić information content (AvgIpc) is 3.48. The van der Waals surface area contributed by atoms with Gasteiger partial charge in [-0.15, -0.1) is 0 Å². The fourth-order valence-corrected chi connectivity index (χ4v) is 3.12. The van der Waals surface area contributed by atoms with Gasteiger partial charge in [0.25, 0.3) is 5.91 Å². The molecule has 0 aliphatic heterocycles. The van der Waals surface area contributed by atoms with Crippen LogP contribution in [0, 0.1) is 11.6 Å². The number of H-pyrrole nitrogens is 2. The van der Waals surface area contributed by atoms with E-state index < -0.39 is 17.5 Å². The number of nitrogens with one attached hydrogen (secondary N) is 3. The van der Waals surface area contributed by atoms with E-state index in [1.54, 1.807) is 0 Å². The third-order valence-corrected chi connectivity index (χ3v) is 4.52. The first-order valence-electron chi connectivity index (χ1n) is 8.88. The van der Waals surface area contributed by atoms with Crippen molar-refractivity contribution in [1.82, 2.24) is 29.5 Å². The molecule has 3 aromatic heterocycles. The second kappa shape index (κ2) is 6.92. The summed E-state index contributed by atoms with van der Waals surface area (Å²) < 4.78 is 29.3. The van der Waals surface area contributed by atoms with E-state index in [0.29, 0.717) is 17.0 Å². The molecule has 10 heteroatoms. The Morgan fingerprint density at radius 2 is 1.90 bits per heavy atom. The Morgan fingerprint density at radius 1 is 1.03 bits per heavy atom. The number of rotatable bonds is 4. The van der Waals surface area contributed by atoms with Gasteiger partial charge in [-0.1, -0.05) is 18.2 Å². The first-order valence-corrected chi connectivity index (χ1v) is 8.88. The van der Waals surface area contributed by atoms with Crippen LogP contribution in [0.5, 0.6) is 0 Å². The van der Waals surface area contributed by atoms with Crippen molar-refractivity contribution in [3.8, 4) is 17.1 Å². The van der Waals surface area contributed by atoms with Gasteiger partial charge >= 0.3 is 0 Å². The van der Waals surface area contributed by atoms with Crippen molar-refractivity contribution in [1.29, 1.82) is 0 Å². The van der Waals surface area contributed by atoms with Crippen LogP contribution < -0.4 is 5.32 Å². The Hall–Kier alpha value is -4.34. The summed E-state index contributed by atoms with van der Waals surface area (Å²) in [4.78, 5) is 30.7. The van der Waals surface area contributed by atoms with Crippen LogP contribution in [0.1, 0.15) is 10.6 Å². The first-order chi connectivity index (χ1) is 14.6. The van der Waals surface area contributed by atoms with Crippen molar-refractivity contribution < 1.29 is 13.6 Å². The SMILES string of the molecule is O=C(Nc1nc2ccccc2[nH]1)c1ncc(-n2cncc2-c2cccc(F)c2F)[nH]1. The minimum atomic E-state index is -0.985. The van der Waals surface area contributed by atoms with E-state index >= 15 is 0 Å². The maximum Gasteiger partial charge on any atom is 0.293 e. The number of benzene rings is 2. The molecule has 5 aromatic rings. The van der Waals surface area contributed by atoms with E-state index in [-0.39, 0.29) is 17.3 Å². The standard InChI is InChI=1S/C20H13F2N7O/c21-12-5-3-4-11(17(12)22)15-8-23-10-29(15)16-9-24-18(27-16)19(30)28-20-25-13-6-1-2-7-14(13)26-20/h1-10H,(H,24,27)(H2,25,26,28,30). The largest absolute Gasteiger partial charge is 0.324 e. The second-order valence-electron chi connectivity index (χ2n) is 6.42. The number of fused-ring (bicyclic) bond motifs is 1. The third-order valence-electron chi connectivity index (χ3n) is 4.52. The molecule has 1 amide bonds. The van der Waals surface area contributed by atoms with E-state index in [9.17, 15) is 13.6 Å². The van der Waals surface area contributed by atoms with Crippen LogP contribution in [0.3, 0.4) is 0 Å². The van der Waals surface area contributed by atoms with Crippen LogP contribution in [0.25, 0.3) is 28.1 Å². The van der Waals surface area contributed by atoms with Gasteiger partial charge < -0.3 is 9.97 Å². The molecule has 0 aliphatic carbocycles. The fraction of sp³-hybridized carbons (Fsp3) is 0. The molecular formula is C20H13F2N7O. The van der Waals surface area contributed by atoms with Gasteiger partial charge in [0.05, 0.1) is 29.1 Å². The number of hydrogen-bond acceptors (Lipinski definition) is 4. The van der Waals surface area contributed by atoms with Gasteiger partial charge in [0.1, 0.15) is 12.1 Å². The van der Waals surface area contributed by atoms with Gasteiger partial charge in [-0.25, -0.2) is 23.7 Å². The monoisotopic (exact) mass is 405 g/mol. The molecule has 0 bridgehead atoms. The normalized spacial score (nSPS) is 11.1. The molecule has 0 atom stereocenters. The number of amides is 1. The molecule has 0 radical (unpaired) electrons. The number of para-hydroxylation sites is 2. The Labute approximate surface area is 167 Å². The summed E-state index contributed by atoms with van der Waals surface area (Å²) in [7, 11) is 0. The number of carbonyl (C=O) groups excluding carboxylic acids is 1. The van der Waals surface area contributed by atoms with Crippen molar-refractivity contribution in [2.24, 2.45) is 0 Å². The lowest BCUT2D eigenvalue weighted by Gasteiger charge is -2.07. The average molecular weight is 405 g/mol. The highest BCUT2D eigenvalue weighted by Crippen LogP contribution is 2.26. The van der Waals surface area contributed by atoms with Crippen molar-refractivity contribution in [3.63, 3.8) is 0 Å². The lowest BCUT2D eigenvalue weighted by molar-refractivity contribution is 0.101. The first kappa shape index (κ1) is 17.7. The fourth-order valence-electron chi connectivity index (χ4n) is 3.12. The molecule has 3 N–H and O–H groups in total. The molecule has 0 spiro atoms. The van der Waals surface area contributed by atoms with Crippen molar-refractivity contribution in [2.75, 3.05) is 5.32 Å². The van der Waals surface area contributed by atoms with Gasteiger partial charge in [-0.2, -0.15) is 0 Å². The minimum absolute atomic E-state index is 0.0184. The van der Waals surface area contributed by atoms with E-state index in [4.69, 9.17) is 0 Å². The predicted molar refractivity (Wildman–Crippen MR) is 105 cm³/mol. The molecule has 0 fully saturated rings. The van der Waals surface area contributed by atoms with Gasteiger partial charge in [-0.05, 0) is 24.3 Å². The Kier molecular flexibility index (Phi) is 4.09. The molecule has 3 heterocycles. The molecule has 5 rings (SSSR count). The number of aromatic nitrogens is 6. The van der Waals surface area contributed by atoms with Gasteiger partial charge in [0.2, 0.25) is 5.95 Å².